The molecule has 2 aliphatic heterocycles. The van der Waals surface area contributed by atoms with E-state index in [-0.39, 0.29) is 23.8 Å². The summed E-state index contributed by atoms with van der Waals surface area (Å²) >= 11 is 1.68. The van der Waals surface area contributed by atoms with Gasteiger partial charge in [0.05, 0.1) is 4.91 Å². The zero-order valence-electron chi connectivity index (χ0n) is 17.6. The van der Waals surface area contributed by atoms with Gasteiger partial charge in [-0.05, 0) is 56.8 Å². The minimum atomic E-state index is -0.00711. The van der Waals surface area contributed by atoms with Crippen LogP contribution in [0.1, 0.15) is 50.5 Å². The molecule has 3 fully saturated rings. The van der Waals surface area contributed by atoms with Crippen molar-refractivity contribution in [3.8, 4) is 0 Å². The van der Waals surface area contributed by atoms with Crippen LogP contribution < -0.4 is 10.6 Å². The first kappa shape index (κ1) is 21.4. The van der Waals surface area contributed by atoms with Crippen LogP contribution in [0.4, 0.5) is 0 Å². The smallest absolute Gasteiger partial charge is 0.257 e. The second-order valence-electron chi connectivity index (χ2n) is 8.71. The van der Waals surface area contributed by atoms with Gasteiger partial charge in [0.15, 0.2) is 0 Å². The SMILES string of the molecule is O=C1NC2CC(C(=O)NCCN3CCCCCC3)CCC2S/C1=C\c1ccccc1. The number of nitrogens with one attached hydrogen (secondary N) is 2. The molecule has 6 heteroatoms. The molecule has 2 N–H and O–H groups in total. The van der Waals surface area contributed by atoms with Gasteiger partial charge in [-0.1, -0.05) is 43.2 Å². The highest BCUT2D eigenvalue weighted by Crippen LogP contribution is 2.39. The first-order chi connectivity index (χ1) is 14.7. The van der Waals surface area contributed by atoms with E-state index >= 15 is 0 Å². The summed E-state index contributed by atoms with van der Waals surface area (Å²) < 4.78 is 0. The Balaban J connectivity index is 1.25. The Bertz CT molecular complexity index is 759. The van der Waals surface area contributed by atoms with E-state index < -0.39 is 0 Å². The Morgan fingerprint density at radius 3 is 2.67 bits per heavy atom. The molecule has 1 saturated carbocycles. The largest absolute Gasteiger partial charge is 0.355 e. The molecule has 2 amide bonds. The molecule has 3 aliphatic rings. The maximum absolute atomic E-state index is 12.7. The molecule has 30 heavy (non-hydrogen) atoms. The standard InChI is InChI=1S/C24H33N3O2S/c28-23(25-12-15-27-13-6-1-2-7-14-27)19-10-11-21-20(17-19)26-24(29)22(30-21)16-18-8-4-3-5-9-18/h3-5,8-9,16,19-21H,1-2,6-7,10-15,17H2,(H,25,28)(H,26,29)/b22-16-. The van der Waals surface area contributed by atoms with Crippen molar-refractivity contribution >= 4 is 29.7 Å². The fraction of sp³-hybridized carbons (Fsp3) is 0.583. The number of carbonyl (C=O) groups is 2. The van der Waals surface area contributed by atoms with Crippen LogP contribution in [0.3, 0.4) is 0 Å². The molecule has 5 nitrogen and oxygen atoms in total. The van der Waals surface area contributed by atoms with E-state index in [0.29, 0.717) is 5.25 Å². The summed E-state index contributed by atoms with van der Waals surface area (Å²) in [7, 11) is 0. The van der Waals surface area contributed by atoms with Crippen LogP contribution >= 0.6 is 11.8 Å². The number of hydrogen-bond acceptors (Lipinski definition) is 4. The first-order valence-electron chi connectivity index (χ1n) is 11.4. The Labute approximate surface area is 184 Å². The molecule has 3 atom stereocenters. The number of fused-ring (bicyclic) bond motifs is 1. The molecule has 2 heterocycles. The van der Waals surface area contributed by atoms with Crippen LogP contribution in [0.5, 0.6) is 0 Å². The monoisotopic (exact) mass is 427 g/mol. The summed E-state index contributed by atoms with van der Waals surface area (Å²) in [4.78, 5) is 28.6. The van der Waals surface area contributed by atoms with Gasteiger partial charge in [-0.25, -0.2) is 0 Å². The van der Waals surface area contributed by atoms with Gasteiger partial charge in [0.25, 0.3) is 5.91 Å². The Morgan fingerprint density at radius 1 is 1.13 bits per heavy atom. The fourth-order valence-corrected chi connectivity index (χ4v) is 6.07. The lowest BCUT2D eigenvalue weighted by Crippen LogP contribution is -2.52. The summed E-state index contributed by atoms with van der Waals surface area (Å²) in [6.07, 6.45) is 9.80. The number of thioether (sulfide) groups is 1. The highest BCUT2D eigenvalue weighted by atomic mass is 32.2. The zero-order valence-corrected chi connectivity index (χ0v) is 18.5. The maximum Gasteiger partial charge on any atom is 0.257 e. The van der Waals surface area contributed by atoms with Gasteiger partial charge >= 0.3 is 0 Å². The second kappa shape index (κ2) is 10.5. The molecule has 1 aromatic rings. The van der Waals surface area contributed by atoms with Crippen molar-refractivity contribution in [1.29, 1.82) is 0 Å². The third kappa shape index (κ3) is 5.67. The Kier molecular flexibility index (Phi) is 7.50. The lowest BCUT2D eigenvalue weighted by atomic mass is 9.84. The average molecular weight is 428 g/mol. The molecular weight excluding hydrogens is 394 g/mol. The van der Waals surface area contributed by atoms with E-state index in [4.69, 9.17) is 0 Å². The van der Waals surface area contributed by atoms with Crippen molar-refractivity contribution in [2.45, 2.75) is 56.2 Å². The fourth-order valence-electron chi connectivity index (χ4n) is 4.77. The summed E-state index contributed by atoms with van der Waals surface area (Å²) in [5.74, 6) is 0.163. The number of likely N-dealkylation sites (tertiary alicyclic amines) is 1. The molecule has 0 radical (unpaired) electrons. The third-order valence-electron chi connectivity index (χ3n) is 6.50. The van der Waals surface area contributed by atoms with Gasteiger partial charge in [0, 0.05) is 30.3 Å². The number of rotatable bonds is 5. The van der Waals surface area contributed by atoms with Crippen LogP contribution in [0.15, 0.2) is 35.2 Å². The predicted molar refractivity (Wildman–Crippen MR) is 123 cm³/mol. The van der Waals surface area contributed by atoms with E-state index in [2.05, 4.69) is 15.5 Å². The molecule has 0 aromatic heterocycles. The Morgan fingerprint density at radius 2 is 1.90 bits per heavy atom. The predicted octanol–water partition coefficient (Wildman–Crippen LogP) is 3.42. The van der Waals surface area contributed by atoms with Gasteiger partial charge in [0.1, 0.15) is 0 Å². The molecule has 1 aromatic carbocycles. The number of hydrogen-bond donors (Lipinski definition) is 2. The van der Waals surface area contributed by atoms with Gasteiger partial charge in [-0.15, -0.1) is 11.8 Å². The molecule has 0 bridgehead atoms. The van der Waals surface area contributed by atoms with Crippen molar-refractivity contribution in [2.75, 3.05) is 26.2 Å². The number of benzene rings is 1. The average Bonchev–Trinajstić information content (AvgIpc) is 3.03. The van der Waals surface area contributed by atoms with Gasteiger partial charge in [-0.3, -0.25) is 9.59 Å². The summed E-state index contributed by atoms with van der Waals surface area (Å²) in [6.45, 7) is 4.00. The molecule has 2 saturated heterocycles. The van der Waals surface area contributed by atoms with Gasteiger partial charge < -0.3 is 15.5 Å². The summed E-state index contributed by atoms with van der Waals surface area (Å²) in [5.41, 5.74) is 1.05. The van der Waals surface area contributed by atoms with E-state index in [1.54, 1.807) is 11.8 Å². The van der Waals surface area contributed by atoms with Crippen molar-refractivity contribution in [3.05, 3.63) is 40.8 Å². The summed E-state index contributed by atoms with van der Waals surface area (Å²) in [6, 6.07) is 10.1. The Hall–Kier alpha value is -1.79. The summed E-state index contributed by atoms with van der Waals surface area (Å²) in [5, 5.41) is 6.69. The topological polar surface area (TPSA) is 61.4 Å². The third-order valence-corrected chi connectivity index (χ3v) is 7.92. The highest BCUT2D eigenvalue weighted by molar-refractivity contribution is 8.04. The minimum Gasteiger partial charge on any atom is -0.355 e. The zero-order chi connectivity index (χ0) is 20.8. The minimum absolute atomic E-state index is 0.00711. The maximum atomic E-state index is 12.7. The van der Waals surface area contributed by atoms with Gasteiger partial charge in [0.2, 0.25) is 5.91 Å². The molecule has 1 aliphatic carbocycles. The van der Waals surface area contributed by atoms with E-state index in [9.17, 15) is 9.59 Å². The normalized spacial score (nSPS) is 29.0. The number of carbonyl (C=O) groups excluding carboxylic acids is 2. The van der Waals surface area contributed by atoms with Crippen molar-refractivity contribution in [2.24, 2.45) is 5.92 Å². The quantitative estimate of drug-likeness (QED) is 0.707. The van der Waals surface area contributed by atoms with Crippen molar-refractivity contribution in [3.63, 3.8) is 0 Å². The lowest BCUT2D eigenvalue weighted by Gasteiger charge is -2.39. The van der Waals surface area contributed by atoms with Crippen LogP contribution in [-0.4, -0.2) is 54.2 Å². The van der Waals surface area contributed by atoms with Crippen LogP contribution in [0.25, 0.3) is 6.08 Å². The van der Waals surface area contributed by atoms with Crippen molar-refractivity contribution in [1.82, 2.24) is 15.5 Å². The van der Waals surface area contributed by atoms with E-state index in [0.717, 1.165) is 55.9 Å². The first-order valence-corrected chi connectivity index (χ1v) is 12.3. The van der Waals surface area contributed by atoms with Gasteiger partial charge in [-0.2, -0.15) is 0 Å². The molecule has 3 unspecified atom stereocenters. The van der Waals surface area contributed by atoms with Crippen LogP contribution in [0.2, 0.25) is 0 Å². The molecule has 0 spiro atoms. The number of nitrogens with zero attached hydrogens (tertiary/aromatic N) is 1. The van der Waals surface area contributed by atoms with E-state index in [1.807, 2.05) is 36.4 Å². The van der Waals surface area contributed by atoms with Crippen molar-refractivity contribution < 1.29 is 9.59 Å². The molecule has 4 rings (SSSR count). The van der Waals surface area contributed by atoms with Crippen LogP contribution in [0, 0.1) is 5.92 Å². The second-order valence-corrected chi connectivity index (χ2v) is 9.99. The van der Waals surface area contributed by atoms with Crippen LogP contribution in [-0.2, 0) is 9.59 Å². The molecule has 162 valence electrons. The molecular formula is C24H33N3O2S. The highest BCUT2D eigenvalue weighted by Gasteiger charge is 2.39. The number of amides is 2. The van der Waals surface area contributed by atoms with E-state index in [1.165, 1.54) is 25.7 Å². The lowest BCUT2D eigenvalue weighted by molar-refractivity contribution is -0.127.